The standard InChI is InChI=1S/C18H32O2.C17H14O4/c19-18(20)16-10-8-6-4-2-1-3-5-7-9-13-17-14-11-12-15-17;1-19-12-5-3-4-11(8-12)16-10-15(18)14-7-6-13(20-2)9-17(14)21-16/h11,14,17H,1-10,12-13,15-16H2,(H,19,20);3-10H,1-2H3. The van der Waals surface area contributed by atoms with E-state index in [9.17, 15) is 9.59 Å². The van der Waals surface area contributed by atoms with Crippen molar-refractivity contribution >= 4 is 16.9 Å². The molecule has 0 amide bonds. The minimum absolute atomic E-state index is 0.0864. The fourth-order valence-electron chi connectivity index (χ4n) is 5.21. The van der Waals surface area contributed by atoms with Crippen LogP contribution in [-0.4, -0.2) is 25.3 Å². The first kappa shape index (κ1) is 32.0. The van der Waals surface area contributed by atoms with E-state index in [1.165, 1.54) is 76.7 Å². The number of hydrogen-bond acceptors (Lipinski definition) is 5. The summed E-state index contributed by atoms with van der Waals surface area (Å²) in [5.41, 5.74) is 1.20. The topological polar surface area (TPSA) is 86.0 Å². The maximum absolute atomic E-state index is 12.2. The van der Waals surface area contributed by atoms with Crippen LogP contribution in [0, 0.1) is 5.92 Å². The van der Waals surface area contributed by atoms with Gasteiger partial charge in [-0.3, -0.25) is 9.59 Å². The van der Waals surface area contributed by atoms with Gasteiger partial charge in [-0.2, -0.15) is 0 Å². The van der Waals surface area contributed by atoms with Crippen molar-refractivity contribution < 1.29 is 23.8 Å². The number of fused-ring (bicyclic) bond motifs is 1. The lowest BCUT2D eigenvalue weighted by molar-refractivity contribution is -0.137. The number of hydrogen-bond donors (Lipinski definition) is 1. The van der Waals surface area contributed by atoms with Crippen LogP contribution < -0.4 is 14.9 Å². The van der Waals surface area contributed by atoms with Crippen LogP contribution in [0.3, 0.4) is 0 Å². The molecule has 1 aliphatic rings. The number of carboxylic acid groups (broad SMARTS) is 1. The van der Waals surface area contributed by atoms with Gasteiger partial charge in [0.1, 0.15) is 22.8 Å². The molecule has 4 rings (SSSR count). The second-order valence-electron chi connectivity index (χ2n) is 10.8. The van der Waals surface area contributed by atoms with E-state index >= 15 is 0 Å². The Hall–Kier alpha value is -3.54. The third-order valence-electron chi connectivity index (χ3n) is 7.62. The number of carbonyl (C=O) groups is 1. The van der Waals surface area contributed by atoms with Crippen LogP contribution in [0.5, 0.6) is 11.5 Å². The highest BCUT2D eigenvalue weighted by Gasteiger charge is 2.09. The molecule has 1 atom stereocenters. The molecule has 41 heavy (non-hydrogen) atoms. The van der Waals surface area contributed by atoms with Gasteiger partial charge < -0.3 is 19.0 Å². The van der Waals surface area contributed by atoms with Gasteiger partial charge in [0.25, 0.3) is 0 Å². The van der Waals surface area contributed by atoms with Crippen LogP contribution in [0.25, 0.3) is 22.3 Å². The largest absolute Gasteiger partial charge is 0.497 e. The van der Waals surface area contributed by atoms with Gasteiger partial charge in [0.05, 0.1) is 19.6 Å². The molecule has 0 radical (unpaired) electrons. The highest BCUT2D eigenvalue weighted by molar-refractivity contribution is 5.80. The van der Waals surface area contributed by atoms with Crippen molar-refractivity contribution in [2.75, 3.05) is 14.2 Å². The number of methoxy groups -OCH3 is 2. The Balaban J connectivity index is 0.000000226. The number of rotatable bonds is 16. The average molecular weight is 563 g/mol. The molecule has 6 heteroatoms. The number of unbranched alkanes of at least 4 members (excludes halogenated alkanes) is 9. The second-order valence-corrected chi connectivity index (χ2v) is 10.8. The first-order valence-corrected chi connectivity index (χ1v) is 15.1. The number of ether oxygens (including phenoxy) is 2. The molecule has 0 aliphatic heterocycles. The monoisotopic (exact) mass is 562 g/mol. The SMILES string of the molecule is COc1cccc(-c2cc(=O)c3ccc(OC)cc3o2)c1.O=C(O)CCCCCCCCCCCCC1C=CCC1. The van der Waals surface area contributed by atoms with Crippen LogP contribution in [0.1, 0.15) is 89.9 Å². The van der Waals surface area contributed by atoms with Crippen LogP contribution in [-0.2, 0) is 4.79 Å². The van der Waals surface area contributed by atoms with Gasteiger partial charge >= 0.3 is 5.97 Å². The van der Waals surface area contributed by atoms with Gasteiger partial charge in [0.2, 0.25) is 0 Å². The summed E-state index contributed by atoms with van der Waals surface area (Å²) in [5.74, 6) is 2.09. The summed E-state index contributed by atoms with van der Waals surface area (Å²) in [4.78, 5) is 22.5. The molecule has 0 spiro atoms. The van der Waals surface area contributed by atoms with Gasteiger partial charge in [-0.05, 0) is 55.9 Å². The molecule has 3 aromatic rings. The Morgan fingerprint density at radius 1 is 0.854 bits per heavy atom. The molecule has 2 aromatic carbocycles. The molecule has 6 nitrogen and oxygen atoms in total. The summed E-state index contributed by atoms with van der Waals surface area (Å²) in [5, 5.41) is 9.05. The highest BCUT2D eigenvalue weighted by Crippen LogP contribution is 2.27. The average Bonchev–Trinajstić information content (AvgIpc) is 3.51. The van der Waals surface area contributed by atoms with Gasteiger partial charge in [-0.15, -0.1) is 0 Å². The zero-order valence-corrected chi connectivity index (χ0v) is 24.7. The van der Waals surface area contributed by atoms with Crippen molar-refractivity contribution in [2.45, 2.75) is 89.9 Å². The first-order valence-electron chi connectivity index (χ1n) is 15.1. The normalized spacial score (nSPS) is 14.0. The van der Waals surface area contributed by atoms with Gasteiger partial charge in [-0.1, -0.05) is 82.1 Å². The third-order valence-corrected chi connectivity index (χ3v) is 7.62. The lowest BCUT2D eigenvalue weighted by atomic mass is 9.99. The minimum Gasteiger partial charge on any atom is -0.497 e. The summed E-state index contributed by atoms with van der Waals surface area (Å²) in [6.07, 6.45) is 21.9. The highest BCUT2D eigenvalue weighted by atomic mass is 16.5. The van der Waals surface area contributed by atoms with E-state index in [-0.39, 0.29) is 5.43 Å². The van der Waals surface area contributed by atoms with Crippen LogP contribution in [0.15, 0.2) is 69.9 Å². The summed E-state index contributed by atoms with van der Waals surface area (Å²) in [6, 6.07) is 14.0. The van der Waals surface area contributed by atoms with Crippen LogP contribution in [0.4, 0.5) is 0 Å². The maximum atomic E-state index is 12.2. The molecule has 1 unspecified atom stereocenters. The van der Waals surface area contributed by atoms with E-state index in [4.69, 9.17) is 19.0 Å². The molecular weight excluding hydrogens is 516 g/mol. The molecule has 1 heterocycles. The Morgan fingerprint density at radius 2 is 1.51 bits per heavy atom. The van der Waals surface area contributed by atoms with Gasteiger partial charge in [0.15, 0.2) is 5.43 Å². The van der Waals surface area contributed by atoms with Crippen molar-refractivity contribution in [1.82, 2.24) is 0 Å². The quantitative estimate of drug-likeness (QED) is 0.138. The van der Waals surface area contributed by atoms with Crippen molar-refractivity contribution in [2.24, 2.45) is 5.92 Å². The van der Waals surface area contributed by atoms with Crippen molar-refractivity contribution in [3.8, 4) is 22.8 Å². The molecule has 0 saturated heterocycles. The number of benzene rings is 2. The fourth-order valence-corrected chi connectivity index (χ4v) is 5.21. The zero-order valence-electron chi connectivity index (χ0n) is 24.7. The molecule has 0 fully saturated rings. The molecule has 1 N–H and O–H groups in total. The number of carboxylic acids is 1. The smallest absolute Gasteiger partial charge is 0.303 e. The zero-order chi connectivity index (χ0) is 29.3. The van der Waals surface area contributed by atoms with E-state index in [1.807, 2.05) is 24.3 Å². The van der Waals surface area contributed by atoms with Crippen molar-refractivity contribution in [1.29, 1.82) is 0 Å². The summed E-state index contributed by atoms with van der Waals surface area (Å²) in [7, 11) is 3.17. The van der Waals surface area contributed by atoms with Crippen molar-refractivity contribution in [3.63, 3.8) is 0 Å². The van der Waals surface area contributed by atoms with Crippen LogP contribution in [0.2, 0.25) is 0 Å². The summed E-state index contributed by atoms with van der Waals surface area (Å²) < 4.78 is 16.2. The lowest BCUT2D eigenvalue weighted by Crippen LogP contribution is -2.00. The first-order chi connectivity index (χ1) is 20.0. The van der Waals surface area contributed by atoms with Gasteiger partial charge in [-0.25, -0.2) is 0 Å². The van der Waals surface area contributed by atoms with E-state index in [2.05, 4.69) is 12.2 Å². The van der Waals surface area contributed by atoms with E-state index in [1.54, 1.807) is 32.4 Å². The van der Waals surface area contributed by atoms with E-state index in [0.29, 0.717) is 34.6 Å². The predicted molar refractivity (Wildman–Crippen MR) is 166 cm³/mol. The lowest BCUT2D eigenvalue weighted by Gasteiger charge is -2.06. The molecule has 0 bridgehead atoms. The molecule has 1 aromatic heterocycles. The third kappa shape index (κ3) is 11.5. The Labute approximate surface area is 244 Å². The summed E-state index contributed by atoms with van der Waals surface area (Å²) in [6.45, 7) is 0. The fraction of sp³-hybridized carbons (Fsp3) is 0.486. The predicted octanol–water partition coefficient (Wildman–Crippen LogP) is 9.20. The minimum atomic E-state index is -0.655. The van der Waals surface area contributed by atoms with Crippen molar-refractivity contribution in [3.05, 3.63) is 70.9 Å². The summed E-state index contributed by atoms with van der Waals surface area (Å²) >= 11 is 0. The second kappa shape index (κ2) is 18.0. The molecular formula is C35H46O6. The molecule has 0 saturated carbocycles. The number of aliphatic carboxylic acids is 1. The maximum Gasteiger partial charge on any atom is 0.303 e. The van der Waals surface area contributed by atoms with Crippen LogP contribution >= 0.6 is 0 Å². The van der Waals surface area contributed by atoms with E-state index in [0.717, 1.165) is 24.3 Å². The van der Waals surface area contributed by atoms with E-state index < -0.39 is 5.97 Å². The Kier molecular flexibility index (Phi) is 14.0. The Morgan fingerprint density at radius 3 is 2.15 bits per heavy atom. The van der Waals surface area contributed by atoms with Gasteiger partial charge in [0, 0.05) is 24.1 Å². The Bertz CT molecular complexity index is 1290. The molecule has 222 valence electrons. The molecule has 1 aliphatic carbocycles. The number of allylic oxidation sites excluding steroid dienone is 2.